The van der Waals surface area contributed by atoms with Crippen molar-refractivity contribution in [3.63, 3.8) is 0 Å². The van der Waals surface area contributed by atoms with Gasteiger partial charge in [-0.05, 0) is 26.5 Å². The number of benzene rings is 2. The molecule has 0 fully saturated rings. The van der Waals surface area contributed by atoms with E-state index in [2.05, 4.69) is 9.97 Å². The van der Waals surface area contributed by atoms with Crippen molar-refractivity contribution in [1.29, 1.82) is 0 Å². The molecule has 0 aliphatic rings. The molecule has 186 valence electrons. The molecule has 1 amide bonds. The van der Waals surface area contributed by atoms with Gasteiger partial charge in [-0.1, -0.05) is 60.7 Å². The zero-order chi connectivity index (χ0) is 37.3. The molecule has 0 aliphatic heterocycles. The number of rotatable bonds is 12. The largest absolute Gasteiger partial charge is 0.372 e. The highest BCUT2D eigenvalue weighted by Crippen LogP contribution is 2.30. The van der Waals surface area contributed by atoms with Crippen LogP contribution in [-0.2, 0) is 19.6 Å². The normalized spacial score (nSPS) is 19.5. The van der Waals surface area contributed by atoms with Gasteiger partial charge >= 0.3 is 0 Å². The van der Waals surface area contributed by atoms with Crippen LogP contribution in [0.3, 0.4) is 0 Å². The number of sulfonamides is 1. The predicted octanol–water partition coefficient (Wildman–Crippen LogP) is 3.90. The van der Waals surface area contributed by atoms with Crippen LogP contribution >= 0.6 is 0 Å². The maximum absolute atomic E-state index is 12.0. The van der Waals surface area contributed by atoms with Crippen LogP contribution in [0.4, 0.5) is 5.82 Å². The number of aromatic nitrogens is 2. The molecular weight excluding hydrogens is 464 g/mol. The van der Waals surface area contributed by atoms with Gasteiger partial charge in [0.2, 0.25) is 10.0 Å². The molecule has 1 aromatic heterocycles. The van der Waals surface area contributed by atoms with Gasteiger partial charge in [0.15, 0.2) is 0 Å². The lowest BCUT2D eigenvalue weighted by atomic mass is 10.0. The highest BCUT2D eigenvalue weighted by atomic mass is 32.2. The van der Waals surface area contributed by atoms with Gasteiger partial charge in [-0.25, -0.2) is 13.4 Å². The van der Waals surface area contributed by atoms with Crippen LogP contribution in [0.1, 0.15) is 45.7 Å². The first kappa shape index (κ1) is 13.1. The fourth-order valence-electron chi connectivity index (χ4n) is 3.01. The Morgan fingerprint density at radius 3 is 2.40 bits per heavy atom. The first-order chi connectivity index (χ1) is 22.3. The molecule has 0 atom stereocenters. The molecule has 0 bridgehead atoms. The van der Waals surface area contributed by atoms with Crippen molar-refractivity contribution in [3.05, 3.63) is 66.9 Å². The van der Waals surface area contributed by atoms with E-state index in [-0.39, 0.29) is 5.69 Å². The van der Waals surface area contributed by atoms with Gasteiger partial charge in [-0.15, -0.1) is 0 Å². The van der Waals surface area contributed by atoms with Crippen molar-refractivity contribution in [1.82, 2.24) is 14.7 Å². The Bertz CT molecular complexity index is 1710. The number of carbonyl (C=O) groups excluding carboxylic acids is 1. The van der Waals surface area contributed by atoms with E-state index < -0.39 is 80.2 Å². The van der Waals surface area contributed by atoms with Crippen LogP contribution in [0.5, 0.6) is 0 Å². The molecule has 3 rings (SSSR count). The molecule has 1 N–H and O–H groups in total. The fraction of sp³-hybridized carbons (Fsp3) is 0.346. The third kappa shape index (κ3) is 8.15. The number of amides is 1. The Labute approximate surface area is 227 Å². The lowest BCUT2D eigenvalue weighted by Crippen LogP contribution is -2.33. The molecule has 0 aliphatic carbocycles. The van der Waals surface area contributed by atoms with Crippen molar-refractivity contribution < 1.29 is 37.1 Å². The number of nitrogens with zero attached hydrogens (tertiary/aromatic N) is 3. The lowest BCUT2D eigenvalue weighted by molar-refractivity contribution is -0.123. The quantitative estimate of drug-likeness (QED) is 0.394. The molecule has 9 heteroatoms. The number of nitrogens with one attached hydrogen (secondary N) is 1. The Morgan fingerprint density at radius 1 is 1.11 bits per heavy atom. The van der Waals surface area contributed by atoms with Gasteiger partial charge in [0.05, 0.1) is 27.9 Å². The van der Waals surface area contributed by atoms with E-state index in [1.165, 1.54) is 0 Å². The summed E-state index contributed by atoms with van der Waals surface area (Å²) in [6, 6.07) is 13.6. The second-order valence-electron chi connectivity index (χ2n) is 7.00. The summed E-state index contributed by atoms with van der Waals surface area (Å²) in [6.45, 7) is -13.0. The fourth-order valence-corrected chi connectivity index (χ4v) is 3.36. The summed E-state index contributed by atoms with van der Waals surface area (Å²) >= 11 is 0. The third-order valence-electron chi connectivity index (χ3n) is 4.46. The van der Waals surface area contributed by atoms with Crippen LogP contribution in [0.2, 0.25) is 0 Å². The number of carbonyl (C=O) groups is 1. The van der Waals surface area contributed by atoms with Gasteiger partial charge in [-0.2, -0.15) is 0 Å². The molecule has 1 heterocycles. The highest BCUT2D eigenvalue weighted by molar-refractivity contribution is 7.89. The van der Waals surface area contributed by atoms with Crippen LogP contribution in [0, 0.1) is 0 Å². The molecule has 2 aromatic carbocycles. The van der Waals surface area contributed by atoms with Crippen LogP contribution < -0.4 is 9.62 Å². The summed E-state index contributed by atoms with van der Waals surface area (Å²) in [5, 5.41) is 0. The van der Waals surface area contributed by atoms with Crippen LogP contribution in [0.15, 0.2) is 66.9 Å². The first-order valence-corrected chi connectivity index (χ1v) is 11.7. The summed E-state index contributed by atoms with van der Waals surface area (Å²) < 4.78 is 140. The first-order valence-electron chi connectivity index (χ1n) is 17.2. The minimum absolute atomic E-state index is 0.160. The van der Waals surface area contributed by atoms with E-state index in [0.29, 0.717) is 21.7 Å². The van der Waals surface area contributed by atoms with Crippen molar-refractivity contribution in [2.75, 3.05) is 30.8 Å². The molecule has 0 radical (unpaired) electrons. The Balaban J connectivity index is 2.07. The van der Waals surface area contributed by atoms with Crippen molar-refractivity contribution in [3.8, 4) is 22.5 Å². The van der Waals surface area contributed by atoms with E-state index in [0.717, 1.165) is 10.9 Å². The van der Waals surface area contributed by atoms with E-state index in [1.54, 1.807) is 60.7 Å². The Morgan fingerprint density at radius 2 is 1.77 bits per heavy atom. The zero-order valence-corrected chi connectivity index (χ0v) is 19.2. The molecular formula is C26H32N4O4S. The van der Waals surface area contributed by atoms with E-state index in [9.17, 15) is 13.2 Å². The molecule has 3 aromatic rings. The van der Waals surface area contributed by atoms with Crippen molar-refractivity contribution in [2.45, 2.75) is 32.5 Å². The van der Waals surface area contributed by atoms with E-state index in [4.69, 9.17) is 23.9 Å². The topological polar surface area (TPSA) is 101 Å². The lowest BCUT2D eigenvalue weighted by Gasteiger charge is -2.28. The Kier molecular flexibility index (Phi) is 4.66. The second-order valence-corrected chi connectivity index (χ2v) is 8.21. The maximum atomic E-state index is 12.0. The summed E-state index contributed by atoms with van der Waals surface area (Å²) in [7, 11) is -5.18. The third-order valence-corrected chi connectivity index (χ3v) is 4.95. The van der Waals surface area contributed by atoms with Crippen molar-refractivity contribution in [2.24, 2.45) is 0 Å². The summed E-state index contributed by atoms with van der Waals surface area (Å²) in [5.74, 6) is -2.10. The van der Waals surface area contributed by atoms with Gasteiger partial charge < -0.3 is 9.64 Å². The molecule has 0 unspecified atom stereocenters. The minimum Gasteiger partial charge on any atom is -0.372 e. The predicted molar refractivity (Wildman–Crippen MR) is 138 cm³/mol. The molecule has 8 nitrogen and oxygen atoms in total. The minimum atomic E-state index is -5.18. The number of hydrogen-bond acceptors (Lipinski definition) is 7. The van der Waals surface area contributed by atoms with Gasteiger partial charge in [0.25, 0.3) is 5.91 Å². The van der Waals surface area contributed by atoms with Gasteiger partial charge in [0, 0.05) is 45.3 Å². The monoisotopic (exact) mass is 510 g/mol. The smallest absolute Gasteiger partial charge is 0.259 e. The SMILES string of the molecule is [2H]C([2H])([2H])C([2H])(N(CCC([2H])([2H])C([2H])([2H])OCC(=O)NS(=O)(=O)C([2H])([2H])[2H])c1cnc(-c2ccccc2)c(-c2ccccc2)n1)C([2H])([2H])[2H]. The Hall–Kier alpha value is -3.30. The average Bonchev–Trinajstić information content (AvgIpc) is 2.99. The van der Waals surface area contributed by atoms with Crippen LogP contribution in [0.25, 0.3) is 22.5 Å². The molecule has 0 spiro atoms. The molecule has 0 saturated carbocycles. The summed E-state index contributed by atoms with van der Waals surface area (Å²) in [6.07, 6.45) is -6.86. The standard InChI is InChI=1S/C26H32N4O4S/c1-20(2)30(16-10-11-17-34-19-24(31)29-35(3,32)33)23-18-27-25(21-12-6-4-7-13-21)26(28-23)22-14-8-5-9-15-22/h4-9,12-15,18,20H,10-11,16-17,19H2,1-3H3,(H,29,31)/i1D3,2D3,3D3,11D2,17D2,20D. The van der Waals surface area contributed by atoms with Gasteiger partial charge in [-0.3, -0.25) is 14.5 Å². The van der Waals surface area contributed by atoms with Gasteiger partial charge in [0.1, 0.15) is 12.4 Å². The number of hydrogen-bond donors (Lipinski definition) is 1. The number of anilines is 1. The van der Waals surface area contributed by atoms with E-state index >= 15 is 0 Å². The summed E-state index contributed by atoms with van der Waals surface area (Å²) in [5.41, 5.74) is 1.54. The second kappa shape index (κ2) is 12.4. The zero-order valence-electron chi connectivity index (χ0n) is 32.4. The highest BCUT2D eigenvalue weighted by Gasteiger charge is 2.17. The molecule has 0 saturated heterocycles. The molecule has 35 heavy (non-hydrogen) atoms. The van der Waals surface area contributed by atoms with Crippen LogP contribution in [-0.4, -0.2) is 56.2 Å². The number of ether oxygens (including phenoxy) is 1. The van der Waals surface area contributed by atoms with E-state index in [1.807, 2.05) is 0 Å². The maximum Gasteiger partial charge on any atom is 0.259 e. The average molecular weight is 511 g/mol. The summed E-state index contributed by atoms with van der Waals surface area (Å²) in [4.78, 5) is 21.5. The van der Waals surface area contributed by atoms with Crippen molar-refractivity contribution >= 4 is 21.7 Å².